The number of benzene rings is 1. The molecule has 4 heteroatoms. The maximum atomic E-state index is 6.23. The lowest BCUT2D eigenvalue weighted by Gasteiger charge is -2.38. The first-order valence-corrected chi connectivity index (χ1v) is 9.72. The van der Waals surface area contributed by atoms with Crippen LogP contribution in [-0.4, -0.2) is 47.8 Å². The van der Waals surface area contributed by atoms with Crippen LogP contribution < -0.4 is 0 Å². The summed E-state index contributed by atoms with van der Waals surface area (Å²) in [4.78, 5) is 6.72. The second-order valence-corrected chi connectivity index (χ2v) is 7.57. The van der Waals surface area contributed by atoms with Crippen LogP contribution in [0.5, 0.6) is 0 Å². The van der Waals surface area contributed by atoms with E-state index in [0.29, 0.717) is 6.61 Å². The van der Waals surface area contributed by atoms with Crippen molar-refractivity contribution in [1.29, 1.82) is 0 Å². The summed E-state index contributed by atoms with van der Waals surface area (Å²) in [5, 5.41) is 0. The van der Waals surface area contributed by atoms with Crippen LogP contribution in [0.4, 0.5) is 0 Å². The van der Waals surface area contributed by atoms with Gasteiger partial charge in [0.15, 0.2) is 0 Å². The fourth-order valence-corrected chi connectivity index (χ4v) is 4.07. The summed E-state index contributed by atoms with van der Waals surface area (Å²) >= 11 is 0. The minimum atomic E-state index is 0.0445. The standard InChI is InChI=1S/C22H28N2O2/c1-2-5-19(6-3-1)8-12-24-13-9-22(10-14-24)15-21(18-26-22)25-17-20-7-4-11-23-16-20/h1-7,11,16,21H,8-10,12-15,17-18H2. The van der Waals surface area contributed by atoms with E-state index in [9.17, 15) is 0 Å². The molecule has 2 aliphatic rings. The van der Waals surface area contributed by atoms with Crippen LogP contribution in [-0.2, 0) is 22.5 Å². The van der Waals surface area contributed by atoms with Gasteiger partial charge >= 0.3 is 0 Å². The third kappa shape index (κ3) is 4.50. The van der Waals surface area contributed by atoms with Crippen LogP contribution >= 0.6 is 0 Å². The van der Waals surface area contributed by atoms with E-state index in [4.69, 9.17) is 9.47 Å². The quantitative estimate of drug-likeness (QED) is 0.797. The summed E-state index contributed by atoms with van der Waals surface area (Å²) in [5.41, 5.74) is 2.60. The van der Waals surface area contributed by atoms with Crippen LogP contribution in [0.15, 0.2) is 54.9 Å². The third-order valence-corrected chi connectivity index (χ3v) is 5.71. The topological polar surface area (TPSA) is 34.6 Å². The Labute approximate surface area is 156 Å². The number of hydrogen-bond acceptors (Lipinski definition) is 4. The van der Waals surface area contributed by atoms with Crippen LogP contribution in [0.3, 0.4) is 0 Å². The number of hydrogen-bond donors (Lipinski definition) is 0. The van der Waals surface area contributed by atoms with Crippen molar-refractivity contribution in [2.24, 2.45) is 0 Å². The van der Waals surface area contributed by atoms with Gasteiger partial charge in [0.2, 0.25) is 0 Å². The van der Waals surface area contributed by atoms with Gasteiger partial charge in [-0.1, -0.05) is 36.4 Å². The summed E-state index contributed by atoms with van der Waals surface area (Å²) in [7, 11) is 0. The largest absolute Gasteiger partial charge is 0.372 e. The maximum absolute atomic E-state index is 6.23. The lowest BCUT2D eigenvalue weighted by Crippen LogP contribution is -2.44. The summed E-state index contributed by atoms with van der Waals surface area (Å²) in [6.45, 7) is 4.75. The van der Waals surface area contributed by atoms with Crippen LogP contribution in [0.25, 0.3) is 0 Å². The smallest absolute Gasteiger partial charge is 0.0840 e. The molecular weight excluding hydrogens is 324 g/mol. The minimum Gasteiger partial charge on any atom is -0.372 e. The molecule has 138 valence electrons. The molecule has 4 nitrogen and oxygen atoms in total. The Morgan fingerprint density at radius 1 is 1.08 bits per heavy atom. The van der Waals surface area contributed by atoms with Gasteiger partial charge in [-0.15, -0.1) is 0 Å². The highest BCUT2D eigenvalue weighted by atomic mass is 16.6. The van der Waals surface area contributed by atoms with Crippen LogP contribution in [0, 0.1) is 0 Å². The predicted octanol–water partition coefficient (Wildman–Crippen LogP) is 3.46. The van der Waals surface area contributed by atoms with Crippen molar-refractivity contribution in [2.45, 2.75) is 44.0 Å². The molecule has 1 spiro atoms. The van der Waals surface area contributed by atoms with E-state index in [2.05, 4.69) is 46.3 Å². The molecule has 1 aromatic carbocycles. The molecule has 0 amide bonds. The number of pyridine rings is 1. The number of aromatic nitrogens is 1. The van der Waals surface area contributed by atoms with Gasteiger partial charge in [-0.25, -0.2) is 0 Å². The maximum Gasteiger partial charge on any atom is 0.0840 e. The van der Waals surface area contributed by atoms with Crippen LogP contribution in [0.2, 0.25) is 0 Å². The lowest BCUT2D eigenvalue weighted by atomic mass is 9.88. The molecule has 26 heavy (non-hydrogen) atoms. The molecule has 3 heterocycles. The molecular formula is C22H28N2O2. The second kappa shape index (κ2) is 8.30. The Bertz CT molecular complexity index is 669. The number of rotatable bonds is 6. The number of piperidine rings is 1. The Morgan fingerprint density at radius 2 is 1.88 bits per heavy atom. The van der Waals surface area contributed by atoms with E-state index in [-0.39, 0.29) is 11.7 Å². The van der Waals surface area contributed by atoms with E-state index in [1.165, 1.54) is 5.56 Å². The molecule has 0 aliphatic carbocycles. The van der Waals surface area contributed by atoms with Gasteiger partial charge in [-0.2, -0.15) is 0 Å². The SMILES string of the molecule is c1ccc(CCN2CCC3(CC2)CC(OCc2cccnc2)CO3)cc1. The zero-order valence-corrected chi connectivity index (χ0v) is 15.3. The van der Waals surface area contributed by atoms with Gasteiger partial charge in [-0.05, 0) is 36.5 Å². The van der Waals surface area contributed by atoms with Crippen molar-refractivity contribution in [1.82, 2.24) is 9.88 Å². The summed E-state index contributed by atoms with van der Waals surface area (Å²) in [6.07, 6.45) is 8.28. The lowest BCUT2D eigenvalue weighted by molar-refractivity contribution is -0.0453. The molecule has 1 aromatic heterocycles. The van der Waals surface area contributed by atoms with E-state index in [1.807, 2.05) is 12.3 Å². The van der Waals surface area contributed by atoms with E-state index in [0.717, 1.165) is 57.5 Å². The van der Waals surface area contributed by atoms with E-state index < -0.39 is 0 Å². The highest BCUT2D eigenvalue weighted by Gasteiger charge is 2.42. The van der Waals surface area contributed by atoms with Crippen molar-refractivity contribution >= 4 is 0 Å². The summed E-state index contributed by atoms with van der Waals surface area (Å²) < 4.78 is 12.3. The van der Waals surface area contributed by atoms with E-state index >= 15 is 0 Å². The van der Waals surface area contributed by atoms with Gasteiger partial charge < -0.3 is 14.4 Å². The van der Waals surface area contributed by atoms with Crippen molar-refractivity contribution in [3.63, 3.8) is 0 Å². The zero-order valence-electron chi connectivity index (χ0n) is 15.3. The normalized spacial score (nSPS) is 22.7. The summed E-state index contributed by atoms with van der Waals surface area (Å²) in [5.74, 6) is 0. The van der Waals surface area contributed by atoms with E-state index in [1.54, 1.807) is 6.20 Å². The fraction of sp³-hybridized carbons (Fsp3) is 0.500. The highest BCUT2D eigenvalue weighted by molar-refractivity contribution is 5.15. The highest BCUT2D eigenvalue weighted by Crippen LogP contribution is 2.37. The molecule has 0 N–H and O–H groups in total. The predicted molar refractivity (Wildman–Crippen MR) is 102 cm³/mol. The third-order valence-electron chi connectivity index (χ3n) is 5.71. The van der Waals surface area contributed by atoms with Gasteiger partial charge in [0.25, 0.3) is 0 Å². The zero-order chi connectivity index (χ0) is 17.7. The van der Waals surface area contributed by atoms with Crippen LogP contribution in [0.1, 0.15) is 30.4 Å². The molecule has 0 saturated carbocycles. The Morgan fingerprint density at radius 3 is 2.65 bits per heavy atom. The molecule has 2 fully saturated rings. The molecule has 2 saturated heterocycles. The molecule has 0 bridgehead atoms. The minimum absolute atomic E-state index is 0.0445. The van der Waals surface area contributed by atoms with Gasteiger partial charge in [0.1, 0.15) is 0 Å². The van der Waals surface area contributed by atoms with Gasteiger partial charge in [0, 0.05) is 38.4 Å². The number of likely N-dealkylation sites (tertiary alicyclic amines) is 1. The number of nitrogens with zero attached hydrogens (tertiary/aromatic N) is 2. The first-order valence-electron chi connectivity index (χ1n) is 9.72. The molecule has 2 aliphatic heterocycles. The molecule has 1 atom stereocenters. The average Bonchev–Trinajstić information content (AvgIpc) is 3.10. The van der Waals surface area contributed by atoms with Crippen molar-refractivity contribution in [2.75, 3.05) is 26.2 Å². The monoisotopic (exact) mass is 352 g/mol. The van der Waals surface area contributed by atoms with Crippen molar-refractivity contribution in [3.05, 3.63) is 66.0 Å². The van der Waals surface area contributed by atoms with Gasteiger partial charge in [-0.3, -0.25) is 4.98 Å². The first kappa shape index (κ1) is 17.7. The van der Waals surface area contributed by atoms with Gasteiger partial charge in [0.05, 0.1) is 24.9 Å². The molecule has 1 unspecified atom stereocenters. The fourth-order valence-electron chi connectivity index (χ4n) is 4.07. The average molecular weight is 352 g/mol. The van der Waals surface area contributed by atoms with Crippen molar-refractivity contribution < 1.29 is 9.47 Å². The molecule has 2 aromatic rings. The first-order chi connectivity index (χ1) is 12.8. The second-order valence-electron chi connectivity index (χ2n) is 7.57. The summed E-state index contributed by atoms with van der Waals surface area (Å²) in [6, 6.07) is 14.8. The Balaban J connectivity index is 1.20. The molecule has 0 radical (unpaired) electrons. The molecule has 4 rings (SSSR count). The number of ether oxygens (including phenoxy) is 2. The Hall–Kier alpha value is -1.75. The Kier molecular flexibility index (Phi) is 5.63. The van der Waals surface area contributed by atoms with Crippen molar-refractivity contribution in [3.8, 4) is 0 Å².